The third-order valence-corrected chi connectivity index (χ3v) is 5.22. The second-order valence-corrected chi connectivity index (χ2v) is 7.43. The largest absolute Gasteiger partial charge is 0.494 e. The molecule has 2 amide bonds. The lowest BCUT2D eigenvalue weighted by atomic mass is 10.0. The maximum Gasteiger partial charge on any atom is 0.282 e. The first kappa shape index (κ1) is 20.4. The van der Waals surface area contributed by atoms with E-state index in [1.54, 1.807) is 24.3 Å². The third kappa shape index (κ3) is 3.94. The average molecular weight is 412 g/mol. The molecule has 0 saturated heterocycles. The van der Waals surface area contributed by atoms with Gasteiger partial charge in [-0.15, -0.1) is 0 Å². The van der Waals surface area contributed by atoms with Crippen molar-refractivity contribution in [1.29, 1.82) is 0 Å². The first-order valence-electron chi connectivity index (χ1n) is 10.2. The summed E-state index contributed by atoms with van der Waals surface area (Å²) in [5.74, 6) is -0.145. The van der Waals surface area contributed by atoms with Crippen molar-refractivity contribution < 1.29 is 14.3 Å². The van der Waals surface area contributed by atoms with Crippen LogP contribution in [0.2, 0.25) is 0 Å². The monoisotopic (exact) mass is 412 g/mol. The molecule has 3 aromatic rings. The van der Waals surface area contributed by atoms with Crippen molar-refractivity contribution >= 4 is 28.8 Å². The maximum absolute atomic E-state index is 13.5. The molecule has 0 unspecified atom stereocenters. The van der Waals surface area contributed by atoms with Crippen LogP contribution in [0.3, 0.4) is 0 Å². The molecule has 5 nitrogen and oxygen atoms in total. The van der Waals surface area contributed by atoms with Crippen LogP contribution in [0.4, 0.5) is 11.4 Å². The van der Waals surface area contributed by atoms with Gasteiger partial charge in [-0.2, -0.15) is 0 Å². The van der Waals surface area contributed by atoms with E-state index in [1.807, 2.05) is 69.3 Å². The molecular weight excluding hydrogens is 388 g/mol. The molecule has 0 atom stereocenters. The molecule has 0 spiro atoms. The summed E-state index contributed by atoms with van der Waals surface area (Å²) < 4.78 is 5.56. The topological polar surface area (TPSA) is 58.6 Å². The summed E-state index contributed by atoms with van der Waals surface area (Å²) in [4.78, 5) is 28.2. The number of ether oxygens (including phenoxy) is 1. The number of carbonyl (C=O) groups is 2. The Kier molecular flexibility index (Phi) is 5.58. The number of nitrogens with one attached hydrogen (secondary N) is 1. The molecule has 0 aromatic heterocycles. The first-order chi connectivity index (χ1) is 15.0. The molecule has 1 N–H and O–H groups in total. The Morgan fingerprint density at radius 2 is 1.61 bits per heavy atom. The van der Waals surface area contributed by atoms with E-state index in [9.17, 15) is 9.59 Å². The number of aryl methyl sites for hydroxylation is 2. The molecule has 0 fully saturated rings. The van der Waals surface area contributed by atoms with Gasteiger partial charge in [0.15, 0.2) is 0 Å². The standard InChI is InChI=1S/C26H24N2O3/c1-4-31-21-10-7-9-20(16-21)28-25(29)23(19-14-12-17(2)13-15-19)24(26(28)30)27-22-11-6-5-8-18(22)3/h5-16,27H,4H2,1-3H3. The molecule has 1 aliphatic rings. The zero-order valence-corrected chi connectivity index (χ0v) is 17.8. The van der Waals surface area contributed by atoms with Gasteiger partial charge in [-0.1, -0.05) is 54.1 Å². The summed E-state index contributed by atoms with van der Waals surface area (Å²) in [6.07, 6.45) is 0. The van der Waals surface area contributed by atoms with Gasteiger partial charge in [0, 0.05) is 11.8 Å². The highest BCUT2D eigenvalue weighted by atomic mass is 16.5. The number of nitrogens with zero attached hydrogens (tertiary/aromatic N) is 1. The van der Waals surface area contributed by atoms with Crippen LogP contribution in [-0.2, 0) is 9.59 Å². The van der Waals surface area contributed by atoms with E-state index < -0.39 is 5.91 Å². The van der Waals surface area contributed by atoms with Gasteiger partial charge >= 0.3 is 0 Å². The van der Waals surface area contributed by atoms with Gasteiger partial charge in [0.05, 0.1) is 17.9 Å². The predicted molar refractivity (Wildman–Crippen MR) is 123 cm³/mol. The van der Waals surface area contributed by atoms with E-state index in [4.69, 9.17) is 4.74 Å². The van der Waals surface area contributed by atoms with Crippen molar-refractivity contribution in [3.8, 4) is 5.75 Å². The zero-order valence-electron chi connectivity index (χ0n) is 17.8. The lowest BCUT2D eigenvalue weighted by molar-refractivity contribution is -0.120. The molecule has 156 valence electrons. The second kappa shape index (κ2) is 8.48. The zero-order chi connectivity index (χ0) is 22.0. The number of hydrogen-bond donors (Lipinski definition) is 1. The maximum atomic E-state index is 13.5. The second-order valence-electron chi connectivity index (χ2n) is 7.43. The van der Waals surface area contributed by atoms with Crippen LogP contribution in [-0.4, -0.2) is 18.4 Å². The molecule has 5 heteroatoms. The smallest absolute Gasteiger partial charge is 0.282 e. The molecule has 0 radical (unpaired) electrons. The predicted octanol–water partition coefficient (Wildman–Crippen LogP) is 5.10. The number of carbonyl (C=O) groups excluding carboxylic acids is 2. The number of rotatable bonds is 6. The molecule has 0 bridgehead atoms. The number of benzene rings is 3. The van der Waals surface area contributed by atoms with Crippen LogP contribution in [0.1, 0.15) is 23.6 Å². The minimum Gasteiger partial charge on any atom is -0.494 e. The summed E-state index contributed by atoms with van der Waals surface area (Å²) in [5, 5.41) is 3.23. The van der Waals surface area contributed by atoms with Crippen LogP contribution in [0.25, 0.3) is 5.57 Å². The van der Waals surface area contributed by atoms with E-state index in [0.29, 0.717) is 29.2 Å². The first-order valence-corrected chi connectivity index (χ1v) is 10.2. The van der Waals surface area contributed by atoms with Gasteiger partial charge in [-0.05, 0) is 50.1 Å². The average Bonchev–Trinajstić information content (AvgIpc) is 3.00. The van der Waals surface area contributed by atoms with Crippen LogP contribution in [0.15, 0.2) is 78.5 Å². The van der Waals surface area contributed by atoms with Gasteiger partial charge in [0.1, 0.15) is 11.4 Å². The molecular formula is C26H24N2O3. The Morgan fingerprint density at radius 3 is 2.32 bits per heavy atom. The highest BCUT2D eigenvalue weighted by molar-refractivity contribution is 6.46. The third-order valence-electron chi connectivity index (χ3n) is 5.22. The van der Waals surface area contributed by atoms with Crippen LogP contribution >= 0.6 is 0 Å². The van der Waals surface area contributed by atoms with Crippen molar-refractivity contribution in [2.45, 2.75) is 20.8 Å². The minimum atomic E-state index is -0.391. The fourth-order valence-electron chi connectivity index (χ4n) is 3.60. The van der Waals surface area contributed by atoms with Crippen molar-refractivity contribution in [3.63, 3.8) is 0 Å². The van der Waals surface area contributed by atoms with Gasteiger partial charge in [-0.3, -0.25) is 9.59 Å². The molecule has 3 aromatic carbocycles. The van der Waals surface area contributed by atoms with Crippen molar-refractivity contribution in [2.75, 3.05) is 16.8 Å². The van der Waals surface area contributed by atoms with Crippen LogP contribution in [0, 0.1) is 13.8 Å². The summed E-state index contributed by atoms with van der Waals surface area (Å²) in [6, 6.07) is 22.3. The Morgan fingerprint density at radius 1 is 0.871 bits per heavy atom. The van der Waals surface area contributed by atoms with E-state index in [1.165, 1.54) is 4.90 Å². The number of amides is 2. The van der Waals surface area contributed by atoms with Crippen molar-refractivity contribution in [1.82, 2.24) is 0 Å². The van der Waals surface area contributed by atoms with Gasteiger partial charge in [0.2, 0.25) is 0 Å². The lowest BCUT2D eigenvalue weighted by Crippen LogP contribution is -2.32. The number of anilines is 2. The lowest BCUT2D eigenvalue weighted by Gasteiger charge is -2.16. The molecule has 4 rings (SSSR count). The van der Waals surface area contributed by atoms with Crippen LogP contribution in [0.5, 0.6) is 5.75 Å². The Balaban J connectivity index is 1.81. The highest BCUT2D eigenvalue weighted by Gasteiger charge is 2.40. The highest BCUT2D eigenvalue weighted by Crippen LogP contribution is 2.35. The molecule has 0 saturated carbocycles. The molecule has 31 heavy (non-hydrogen) atoms. The van der Waals surface area contributed by atoms with Gasteiger partial charge < -0.3 is 10.1 Å². The van der Waals surface area contributed by atoms with Gasteiger partial charge in [-0.25, -0.2) is 4.90 Å². The molecule has 1 heterocycles. The number of imide groups is 1. The fourth-order valence-corrected chi connectivity index (χ4v) is 3.60. The summed E-state index contributed by atoms with van der Waals surface area (Å²) in [5.41, 5.74) is 4.65. The molecule has 1 aliphatic heterocycles. The van der Waals surface area contributed by atoms with E-state index >= 15 is 0 Å². The van der Waals surface area contributed by atoms with Gasteiger partial charge in [0.25, 0.3) is 11.8 Å². The fraction of sp³-hybridized carbons (Fsp3) is 0.154. The molecule has 0 aliphatic carbocycles. The number of para-hydroxylation sites is 1. The van der Waals surface area contributed by atoms with E-state index in [-0.39, 0.29) is 11.6 Å². The Bertz CT molecular complexity index is 1180. The number of hydrogen-bond acceptors (Lipinski definition) is 4. The van der Waals surface area contributed by atoms with E-state index in [2.05, 4.69) is 5.32 Å². The van der Waals surface area contributed by atoms with Crippen LogP contribution < -0.4 is 15.0 Å². The Hall–Kier alpha value is -3.86. The van der Waals surface area contributed by atoms with Crippen molar-refractivity contribution in [3.05, 3.63) is 95.2 Å². The normalized spacial score (nSPS) is 13.7. The quantitative estimate of drug-likeness (QED) is 0.573. The summed E-state index contributed by atoms with van der Waals surface area (Å²) >= 11 is 0. The van der Waals surface area contributed by atoms with Crippen molar-refractivity contribution in [2.24, 2.45) is 0 Å². The van der Waals surface area contributed by atoms with E-state index in [0.717, 1.165) is 16.8 Å². The summed E-state index contributed by atoms with van der Waals surface area (Å²) in [7, 11) is 0. The Labute approximate surface area is 182 Å². The minimum absolute atomic E-state index is 0.268. The summed E-state index contributed by atoms with van der Waals surface area (Å²) in [6.45, 7) is 6.33. The SMILES string of the molecule is CCOc1cccc(N2C(=O)C(Nc3ccccc3C)=C(c3ccc(C)cc3)C2=O)c1.